The summed E-state index contributed by atoms with van der Waals surface area (Å²) in [6.45, 7) is 7.23. The summed E-state index contributed by atoms with van der Waals surface area (Å²) in [5.74, 6) is -0.382. The normalized spacial score (nSPS) is 9.29. The van der Waals surface area contributed by atoms with Crippen LogP contribution in [-0.2, 0) is 4.79 Å². The molecule has 0 atom stereocenters. The molecule has 0 aliphatic carbocycles. The molecule has 0 aromatic heterocycles. The molecule has 0 aromatic rings. The highest BCUT2D eigenvalue weighted by Crippen LogP contribution is 1.96. The molecule has 17 heavy (non-hydrogen) atoms. The van der Waals surface area contributed by atoms with E-state index >= 15 is 0 Å². The molecule has 6 heteroatoms. The number of carbonyl (C=O) groups excluding carboxylic acids is 3. The van der Waals surface area contributed by atoms with Crippen molar-refractivity contribution in [2.45, 2.75) is 26.7 Å². The molecular weight excluding hydrogens is 222 g/mol. The van der Waals surface area contributed by atoms with E-state index in [0.717, 1.165) is 11.3 Å². The first kappa shape index (κ1) is 15.2. The predicted molar refractivity (Wildman–Crippen MR) is 64.4 cm³/mol. The molecule has 0 rings (SSSR count). The number of hydrogen-bond donors (Lipinski definition) is 2. The van der Waals surface area contributed by atoms with Crippen LogP contribution >= 0.6 is 0 Å². The lowest BCUT2D eigenvalue weighted by Crippen LogP contribution is -2.48. The van der Waals surface area contributed by atoms with Crippen LogP contribution in [0.25, 0.3) is 0 Å². The molecule has 96 valence electrons. The van der Waals surface area contributed by atoms with Crippen molar-refractivity contribution in [1.29, 1.82) is 0 Å². The zero-order valence-corrected chi connectivity index (χ0v) is 10.3. The fourth-order valence-corrected chi connectivity index (χ4v) is 1.09. The largest absolute Gasteiger partial charge is 0.334 e. The molecule has 0 aromatic carbocycles. The first-order chi connectivity index (χ1) is 8.02. The highest BCUT2D eigenvalue weighted by atomic mass is 16.2. The van der Waals surface area contributed by atoms with E-state index in [0.29, 0.717) is 13.0 Å². The summed E-state index contributed by atoms with van der Waals surface area (Å²) >= 11 is 0. The summed E-state index contributed by atoms with van der Waals surface area (Å²) in [7, 11) is 0. The SMILES string of the molecule is C=CCNC(=O)NC(=O)N(CCCC)C(C)=O. The van der Waals surface area contributed by atoms with Crippen LogP contribution in [0.5, 0.6) is 0 Å². The van der Waals surface area contributed by atoms with Gasteiger partial charge in [0.2, 0.25) is 5.91 Å². The third kappa shape index (κ3) is 6.34. The van der Waals surface area contributed by atoms with Crippen LogP contribution in [0.1, 0.15) is 26.7 Å². The van der Waals surface area contributed by atoms with E-state index in [1.165, 1.54) is 13.0 Å². The average molecular weight is 241 g/mol. The molecule has 0 radical (unpaired) electrons. The van der Waals surface area contributed by atoms with Gasteiger partial charge in [0.15, 0.2) is 0 Å². The number of nitrogens with one attached hydrogen (secondary N) is 2. The highest BCUT2D eigenvalue weighted by molar-refractivity contribution is 6.01. The number of carbonyl (C=O) groups is 3. The second-order valence-corrected chi connectivity index (χ2v) is 3.45. The molecule has 2 N–H and O–H groups in total. The minimum absolute atomic E-state index is 0.258. The Morgan fingerprint density at radius 1 is 1.35 bits per heavy atom. The molecule has 0 bridgehead atoms. The zero-order chi connectivity index (χ0) is 13.3. The van der Waals surface area contributed by atoms with Crippen molar-refractivity contribution in [2.24, 2.45) is 0 Å². The lowest BCUT2D eigenvalue weighted by atomic mass is 10.3. The van der Waals surface area contributed by atoms with Crippen LogP contribution in [0, 0.1) is 0 Å². The maximum Gasteiger partial charge on any atom is 0.332 e. The Labute approximate surface area is 101 Å². The van der Waals surface area contributed by atoms with Gasteiger partial charge in [-0.05, 0) is 6.42 Å². The van der Waals surface area contributed by atoms with Gasteiger partial charge < -0.3 is 5.32 Å². The summed E-state index contributed by atoms with van der Waals surface area (Å²) < 4.78 is 0. The van der Waals surface area contributed by atoms with Crippen LogP contribution in [0.3, 0.4) is 0 Å². The maximum absolute atomic E-state index is 11.6. The van der Waals surface area contributed by atoms with E-state index in [2.05, 4.69) is 17.2 Å². The number of imide groups is 2. The summed E-state index contributed by atoms with van der Waals surface area (Å²) in [4.78, 5) is 35.0. The molecule has 0 heterocycles. The van der Waals surface area contributed by atoms with Gasteiger partial charge in [0.1, 0.15) is 0 Å². The standard InChI is InChI=1S/C11H19N3O3/c1-4-6-8-14(9(3)15)11(17)13-10(16)12-7-5-2/h5H,2,4,6-8H2,1,3H3,(H2,12,13,16,17). The first-order valence-corrected chi connectivity index (χ1v) is 5.50. The molecule has 6 nitrogen and oxygen atoms in total. The number of rotatable bonds is 5. The van der Waals surface area contributed by atoms with E-state index in [4.69, 9.17) is 0 Å². The number of urea groups is 2. The summed E-state index contributed by atoms with van der Waals surface area (Å²) in [6.07, 6.45) is 3.06. The van der Waals surface area contributed by atoms with Crippen molar-refractivity contribution < 1.29 is 14.4 Å². The van der Waals surface area contributed by atoms with Crippen molar-refractivity contribution in [2.75, 3.05) is 13.1 Å². The third-order valence-electron chi connectivity index (χ3n) is 1.99. The molecule has 0 unspecified atom stereocenters. The van der Waals surface area contributed by atoms with Crippen molar-refractivity contribution in [1.82, 2.24) is 15.5 Å². The first-order valence-electron chi connectivity index (χ1n) is 5.50. The second-order valence-electron chi connectivity index (χ2n) is 3.45. The van der Waals surface area contributed by atoms with Crippen LogP contribution in [0.4, 0.5) is 9.59 Å². The van der Waals surface area contributed by atoms with Gasteiger partial charge in [0, 0.05) is 20.0 Å². The average Bonchev–Trinajstić information content (AvgIpc) is 2.26. The monoisotopic (exact) mass is 241 g/mol. The number of amides is 5. The Bertz CT molecular complexity index is 302. The van der Waals surface area contributed by atoms with Crippen molar-refractivity contribution in [3.63, 3.8) is 0 Å². The highest BCUT2D eigenvalue weighted by Gasteiger charge is 2.18. The van der Waals surface area contributed by atoms with E-state index in [1.54, 1.807) is 0 Å². The van der Waals surface area contributed by atoms with Crippen LogP contribution in [-0.4, -0.2) is 36.0 Å². The van der Waals surface area contributed by atoms with E-state index < -0.39 is 12.1 Å². The third-order valence-corrected chi connectivity index (χ3v) is 1.99. The predicted octanol–water partition coefficient (Wildman–Crippen LogP) is 1.24. The number of unbranched alkanes of at least 4 members (excludes halogenated alkanes) is 1. The minimum Gasteiger partial charge on any atom is -0.334 e. The van der Waals surface area contributed by atoms with Gasteiger partial charge in [-0.2, -0.15) is 0 Å². The smallest absolute Gasteiger partial charge is 0.332 e. The Morgan fingerprint density at radius 3 is 2.47 bits per heavy atom. The van der Waals surface area contributed by atoms with Gasteiger partial charge in [-0.1, -0.05) is 19.4 Å². The molecule has 0 saturated heterocycles. The molecule has 0 aliphatic rings. The molecule has 0 aliphatic heterocycles. The van der Waals surface area contributed by atoms with Gasteiger partial charge in [-0.3, -0.25) is 15.0 Å². The molecule has 0 fully saturated rings. The van der Waals surface area contributed by atoms with Crippen molar-refractivity contribution >= 4 is 18.0 Å². The topological polar surface area (TPSA) is 78.5 Å². The van der Waals surface area contributed by atoms with Gasteiger partial charge in [-0.25, -0.2) is 9.59 Å². The fraction of sp³-hybridized carbons (Fsp3) is 0.545. The molecule has 5 amide bonds. The Hall–Kier alpha value is -1.85. The zero-order valence-electron chi connectivity index (χ0n) is 10.3. The van der Waals surface area contributed by atoms with Crippen LogP contribution in [0.15, 0.2) is 12.7 Å². The quantitative estimate of drug-likeness (QED) is 0.711. The second kappa shape index (κ2) is 8.32. The van der Waals surface area contributed by atoms with E-state index in [9.17, 15) is 14.4 Å². The van der Waals surface area contributed by atoms with Gasteiger partial charge >= 0.3 is 12.1 Å². The van der Waals surface area contributed by atoms with Crippen LogP contribution in [0.2, 0.25) is 0 Å². The Kier molecular flexibility index (Phi) is 7.41. The van der Waals surface area contributed by atoms with Crippen LogP contribution < -0.4 is 10.6 Å². The molecule has 0 saturated carbocycles. The van der Waals surface area contributed by atoms with Gasteiger partial charge in [-0.15, -0.1) is 6.58 Å². The fourth-order valence-electron chi connectivity index (χ4n) is 1.09. The van der Waals surface area contributed by atoms with E-state index in [-0.39, 0.29) is 12.5 Å². The van der Waals surface area contributed by atoms with Gasteiger partial charge in [0.05, 0.1) is 0 Å². The Morgan fingerprint density at radius 2 is 2.00 bits per heavy atom. The maximum atomic E-state index is 11.6. The molecular formula is C11H19N3O3. The molecule has 0 spiro atoms. The van der Waals surface area contributed by atoms with Gasteiger partial charge in [0.25, 0.3) is 0 Å². The number of hydrogen-bond acceptors (Lipinski definition) is 3. The van der Waals surface area contributed by atoms with Crippen molar-refractivity contribution in [3.05, 3.63) is 12.7 Å². The lowest BCUT2D eigenvalue weighted by Gasteiger charge is -2.18. The summed E-state index contributed by atoms with van der Waals surface area (Å²) in [6, 6.07) is -1.34. The number of nitrogens with zero attached hydrogens (tertiary/aromatic N) is 1. The summed E-state index contributed by atoms with van der Waals surface area (Å²) in [5.41, 5.74) is 0. The minimum atomic E-state index is -0.701. The van der Waals surface area contributed by atoms with Crippen molar-refractivity contribution in [3.8, 4) is 0 Å². The van der Waals surface area contributed by atoms with E-state index in [1.807, 2.05) is 6.92 Å². The lowest BCUT2D eigenvalue weighted by molar-refractivity contribution is -0.125. The summed E-state index contributed by atoms with van der Waals surface area (Å²) in [5, 5.41) is 4.46. The Balaban J connectivity index is 4.26.